The van der Waals surface area contributed by atoms with Crippen molar-refractivity contribution in [2.24, 2.45) is 5.41 Å². The second kappa shape index (κ2) is 5.84. The van der Waals surface area contributed by atoms with Crippen LogP contribution in [0.2, 0.25) is 0 Å². The third kappa shape index (κ3) is 2.78. The lowest BCUT2D eigenvalue weighted by atomic mass is 9.81. The molecule has 122 valence electrons. The van der Waals surface area contributed by atoms with Crippen LogP contribution in [-0.2, 0) is 9.59 Å². The molecular weight excluding hydrogens is 292 g/mol. The van der Waals surface area contributed by atoms with Gasteiger partial charge < -0.3 is 9.47 Å². The van der Waals surface area contributed by atoms with Crippen molar-refractivity contribution in [1.29, 1.82) is 0 Å². The highest BCUT2D eigenvalue weighted by Gasteiger charge is 2.44. The maximum absolute atomic E-state index is 12.1. The third-order valence-corrected chi connectivity index (χ3v) is 4.94. The van der Waals surface area contributed by atoms with Crippen molar-refractivity contribution >= 4 is 17.1 Å². The number of benzene rings is 1. The molecule has 1 aromatic rings. The summed E-state index contributed by atoms with van der Waals surface area (Å²) in [4.78, 5) is 24.2. The minimum absolute atomic E-state index is 0.0589. The monoisotopic (exact) mass is 314 g/mol. The molecule has 2 aliphatic rings. The average molecular weight is 314 g/mol. The Labute approximate surface area is 136 Å². The summed E-state index contributed by atoms with van der Waals surface area (Å²) < 4.78 is 11.1. The summed E-state index contributed by atoms with van der Waals surface area (Å²) >= 11 is 0. The summed E-state index contributed by atoms with van der Waals surface area (Å²) in [7, 11) is 1.63. The molecule has 0 saturated heterocycles. The Kier molecular flexibility index (Phi) is 4.00. The first-order valence-corrected chi connectivity index (χ1v) is 8.05. The van der Waals surface area contributed by atoms with Crippen LogP contribution >= 0.6 is 0 Å². The highest BCUT2D eigenvalue weighted by molar-refractivity contribution is 6.12. The number of hydrogen-bond acceptors (Lipinski definition) is 4. The van der Waals surface area contributed by atoms with Gasteiger partial charge in [-0.15, -0.1) is 0 Å². The van der Waals surface area contributed by atoms with Crippen LogP contribution in [0.3, 0.4) is 0 Å². The van der Waals surface area contributed by atoms with Crippen LogP contribution in [0.5, 0.6) is 11.5 Å². The van der Waals surface area contributed by atoms with Gasteiger partial charge in [0.1, 0.15) is 23.1 Å². The quantitative estimate of drug-likeness (QED) is 0.800. The number of methoxy groups -OCH3 is 1. The molecule has 1 saturated carbocycles. The summed E-state index contributed by atoms with van der Waals surface area (Å²) in [5, 5.41) is 0. The smallest absolute Gasteiger partial charge is 0.146 e. The zero-order chi connectivity index (χ0) is 16.6. The molecule has 4 heteroatoms. The number of Topliss-reactive ketones (excluding diaryl/α,β-unsaturated/α-hetero) is 2. The predicted molar refractivity (Wildman–Crippen MR) is 87.7 cm³/mol. The van der Waals surface area contributed by atoms with E-state index in [1.165, 1.54) is 0 Å². The van der Waals surface area contributed by atoms with E-state index in [1.807, 2.05) is 31.2 Å². The molecule has 0 radical (unpaired) electrons. The predicted octanol–water partition coefficient (Wildman–Crippen LogP) is 3.58. The number of rotatable bonds is 3. The van der Waals surface area contributed by atoms with Crippen LogP contribution in [0, 0.1) is 5.41 Å². The number of ether oxygens (including phenoxy) is 2. The molecule has 4 nitrogen and oxygen atoms in total. The van der Waals surface area contributed by atoms with E-state index < -0.39 is 5.41 Å². The number of allylic oxidation sites excluding steroid dienone is 1. The SMILES string of the molecule is COc1ccc2c(c1)OC(C)C/C2=C\CC1(C)C(=O)CCC1=O. The van der Waals surface area contributed by atoms with Crippen molar-refractivity contribution in [1.82, 2.24) is 0 Å². The van der Waals surface area contributed by atoms with Gasteiger partial charge in [-0.1, -0.05) is 6.08 Å². The summed E-state index contributed by atoms with van der Waals surface area (Å²) in [5.74, 6) is 1.68. The lowest BCUT2D eigenvalue weighted by Gasteiger charge is -2.27. The van der Waals surface area contributed by atoms with Crippen molar-refractivity contribution in [3.8, 4) is 11.5 Å². The van der Waals surface area contributed by atoms with Gasteiger partial charge in [0.2, 0.25) is 0 Å². The maximum Gasteiger partial charge on any atom is 0.146 e. The van der Waals surface area contributed by atoms with Crippen LogP contribution in [0.1, 0.15) is 45.1 Å². The van der Waals surface area contributed by atoms with Crippen molar-refractivity contribution < 1.29 is 19.1 Å². The second-order valence-corrected chi connectivity index (χ2v) is 6.61. The van der Waals surface area contributed by atoms with Crippen LogP contribution in [0.4, 0.5) is 0 Å². The van der Waals surface area contributed by atoms with E-state index in [1.54, 1.807) is 14.0 Å². The molecule has 0 spiro atoms. The largest absolute Gasteiger partial charge is 0.497 e. The highest BCUT2D eigenvalue weighted by Crippen LogP contribution is 2.41. The van der Waals surface area contributed by atoms with E-state index in [-0.39, 0.29) is 17.7 Å². The minimum atomic E-state index is -0.846. The summed E-state index contributed by atoms with van der Waals surface area (Å²) in [6.07, 6.45) is 4.11. The third-order valence-electron chi connectivity index (χ3n) is 4.94. The topological polar surface area (TPSA) is 52.6 Å². The molecule has 1 atom stereocenters. The fourth-order valence-corrected chi connectivity index (χ4v) is 3.35. The van der Waals surface area contributed by atoms with Crippen molar-refractivity contribution in [2.45, 2.75) is 45.6 Å². The first-order valence-electron chi connectivity index (χ1n) is 8.05. The Balaban J connectivity index is 1.92. The molecule has 23 heavy (non-hydrogen) atoms. The average Bonchev–Trinajstić information content (AvgIpc) is 2.79. The number of hydrogen-bond donors (Lipinski definition) is 0. The van der Waals surface area contributed by atoms with Gasteiger partial charge in [-0.25, -0.2) is 0 Å². The van der Waals surface area contributed by atoms with Crippen LogP contribution in [0.15, 0.2) is 24.3 Å². The fraction of sp³-hybridized carbons (Fsp3) is 0.474. The number of ketones is 2. The lowest BCUT2D eigenvalue weighted by molar-refractivity contribution is -0.133. The zero-order valence-electron chi connectivity index (χ0n) is 13.8. The number of fused-ring (bicyclic) bond motifs is 1. The molecule has 1 heterocycles. The standard InChI is InChI=1S/C19H22O4/c1-12-10-13(8-9-19(2)17(20)6-7-18(19)21)15-5-4-14(22-3)11-16(15)23-12/h4-5,8,11-12H,6-7,9-10H2,1-3H3/b13-8+. The van der Waals surface area contributed by atoms with E-state index in [4.69, 9.17) is 9.47 Å². The molecule has 3 rings (SSSR count). The molecular formula is C19H22O4. The van der Waals surface area contributed by atoms with Gasteiger partial charge in [0, 0.05) is 30.9 Å². The molecule has 1 aliphatic carbocycles. The lowest BCUT2D eigenvalue weighted by Crippen LogP contribution is -2.28. The summed E-state index contributed by atoms with van der Waals surface area (Å²) in [6.45, 7) is 3.79. The van der Waals surface area contributed by atoms with Gasteiger partial charge in [0.15, 0.2) is 0 Å². The first kappa shape index (κ1) is 15.8. The van der Waals surface area contributed by atoms with Gasteiger partial charge in [0.25, 0.3) is 0 Å². The Morgan fingerprint density at radius 2 is 2.00 bits per heavy atom. The van der Waals surface area contributed by atoms with E-state index in [2.05, 4.69) is 0 Å². The van der Waals surface area contributed by atoms with Crippen molar-refractivity contribution in [3.05, 3.63) is 29.8 Å². The Bertz CT molecular complexity index is 671. The Hall–Kier alpha value is -2.10. The van der Waals surface area contributed by atoms with Gasteiger partial charge in [-0.05, 0) is 38.0 Å². The number of carbonyl (C=O) groups is 2. The fourth-order valence-electron chi connectivity index (χ4n) is 3.35. The molecule has 1 aliphatic heterocycles. The molecule has 1 unspecified atom stereocenters. The number of carbonyl (C=O) groups excluding carboxylic acids is 2. The molecule has 1 aromatic carbocycles. The molecule has 0 bridgehead atoms. The van der Waals surface area contributed by atoms with Crippen LogP contribution < -0.4 is 9.47 Å². The Morgan fingerprint density at radius 1 is 1.30 bits per heavy atom. The molecule has 0 amide bonds. The summed E-state index contributed by atoms with van der Waals surface area (Å²) in [5.41, 5.74) is 1.31. The highest BCUT2D eigenvalue weighted by atomic mass is 16.5. The van der Waals surface area contributed by atoms with Crippen LogP contribution in [0.25, 0.3) is 5.57 Å². The van der Waals surface area contributed by atoms with E-state index in [9.17, 15) is 9.59 Å². The van der Waals surface area contributed by atoms with E-state index in [0.717, 1.165) is 29.1 Å². The van der Waals surface area contributed by atoms with E-state index >= 15 is 0 Å². The van der Waals surface area contributed by atoms with Gasteiger partial charge in [-0.2, -0.15) is 0 Å². The van der Waals surface area contributed by atoms with Crippen molar-refractivity contribution in [2.75, 3.05) is 7.11 Å². The van der Waals surface area contributed by atoms with Gasteiger partial charge in [-0.3, -0.25) is 9.59 Å². The Morgan fingerprint density at radius 3 is 2.65 bits per heavy atom. The van der Waals surface area contributed by atoms with Crippen LogP contribution in [-0.4, -0.2) is 24.8 Å². The first-order chi connectivity index (χ1) is 10.9. The maximum atomic E-state index is 12.1. The molecule has 1 fully saturated rings. The second-order valence-electron chi connectivity index (χ2n) is 6.61. The van der Waals surface area contributed by atoms with Gasteiger partial charge in [0.05, 0.1) is 18.6 Å². The zero-order valence-corrected chi connectivity index (χ0v) is 13.8. The minimum Gasteiger partial charge on any atom is -0.497 e. The normalized spacial score (nSPS) is 24.5. The van der Waals surface area contributed by atoms with Crippen molar-refractivity contribution in [3.63, 3.8) is 0 Å². The van der Waals surface area contributed by atoms with Gasteiger partial charge >= 0.3 is 0 Å². The molecule has 0 N–H and O–H groups in total. The molecule has 0 aromatic heterocycles. The summed E-state index contributed by atoms with van der Waals surface area (Å²) in [6, 6.07) is 5.76. The van der Waals surface area contributed by atoms with E-state index in [0.29, 0.717) is 19.3 Å².